The van der Waals surface area contributed by atoms with Gasteiger partial charge in [0.05, 0.1) is 5.69 Å². The van der Waals surface area contributed by atoms with Crippen LogP contribution in [-0.2, 0) is 0 Å². The molecule has 106 valence electrons. The van der Waals surface area contributed by atoms with E-state index in [1.54, 1.807) is 0 Å². The number of fused-ring (bicyclic) bond motifs is 1. The average Bonchev–Trinajstić information content (AvgIpc) is 2.97. The zero-order chi connectivity index (χ0) is 14.9. The van der Waals surface area contributed by atoms with Gasteiger partial charge in [-0.05, 0) is 17.7 Å². The van der Waals surface area contributed by atoms with Crippen molar-refractivity contribution in [1.29, 1.82) is 0 Å². The molecule has 0 saturated carbocycles. The molecule has 0 atom stereocenters. The van der Waals surface area contributed by atoms with Crippen molar-refractivity contribution in [1.82, 2.24) is 9.97 Å². The Morgan fingerprint density at radius 1 is 0.773 bits per heavy atom. The summed E-state index contributed by atoms with van der Waals surface area (Å²) in [6, 6.07) is 25.0. The Hall–Kier alpha value is -2.87. The van der Waals surface area contributed by atoms with Gasteiger partial charge < -0.3 is 4.98 Å². The van der Waals surface area contributed by atoms with E-state index in [0.29, 0.717) is 0 Å². The molecule has 0 aliphatic rings. The zero-order valence-electron chi connectivity index (χ0n) is 12.4. The van der Waals surface area contributed by atoms with Crippen molar-refractivity contribution in [3.63, 3.8) is 0 Å². The van der Waals surface area contributed by atoms with E-state index in [-0.39, 0.29) is 0 Å². The molecule has 1 heterocycles. The molecule has 0 spiro atoms. The molecule has 4 rings (SSSR count). The van der Waals surface area contributed by atoms with Gasteiger partial charge in [0.25, 0.3) is 0 Å². The number of nitrogens with one attached hydrogen (secondary N) is 1. The number of aryl methyl sites for hydroxylation is 1. The summed E-state index contributed by atoms with van der Waals surface area (Å²) in [5.41, 5.74) is 4.40. The highest BCUT2D eigenvalue weighted by molar-refractivity contribution is 5.96. The van der Waals surface area contributed by atoms with Crippen molar-refractivity contribution >= 4 is 10.8 Å². The highest BCUT2D eigenvalue weighted by Gasteiger charge is 2.12. The van der Waals surface area contributed by atoms with Crippen LogP contribution in [0.15, 0.2) is 72.8 Å². The standard InChI is InChI=1S/C20H16N2/c1-14-19(22-20(21-14)16-9-3-2-4-10-16)18-13-7-11-15-8-5-6-12-17(15)18/h2-13H,1H3,(H,21,22). The third-order valence-electron chi connectivity index (χ3n) is 3.98. The maximum atomic E-state index is 4.84. The van der Waals surface area contributed by atoms with Gasteiger partial charge in [-0.15, -0.1) is 0 Å². The van der Waals surface area contributed by atoms with E-state index in [0.717, 1.165) is 22.8 Å². The molecule has 1 N–H and O–H groups in total. The van der Waals surface area contributed by atoms with Crippen molar-refractivity contribution in [2.24, 2.45) is 0 Å². The second kappa shape index (κ2) is 5.15. The summed E-state index contributed by atoms with van der Waals surface area (Å²) in [4.78, 5) is 8.26. The third-order valence-corrected chi connectivity index (χ3v) is 3.98. The fraction of sp³-hybridized carbons (Fsp3) is 0.0500. The molecular formula is C20H16N2. The number of H-pyrrole nitrogens is 1. The summed E-state index contributed by atoms with van der Waals surface area (Å²) in [5, 5.41) is 2.47. The number of nitrogens with zero attached hydrogens (tertiary/aromatic N) is 1. The Bertz CT molecular complexity index is 931. The second-order valence-corrected chi connectivity index (χ2v) is 5.45. The van der Waals surface area contributed by atoms with Gasteiger partial charge in [0.1, 0.15) is 5.82 Å². The van der Waals surface area contributed by atoms with Gasteiger partial charge in [0, 0.05) is 16.8 Å². The molecule has 3 aromatic carbocycles. The van der Waals surface area contributed by atoms with Crippen LogP contribution >= 0.6 is 0 Å². The smallest absolute Gasteiger partial charge is 0.138 e. The predicted molar refractivity (Wildman–Crippen MR) is 91.7 cm³/mol. The zero-order valence-corrected chi connectivity index (χ0v) is 12.4. The number of hydrogen-bond acceptors (Lipinski definition) is 1. The van der Waals surface area contributed by atoms with Crippen LogP contribution < -0.4 is 0 Å². The Labute approximate surface area is 129 Å². The van der Waals surface area contributed by atoms with E-state index in [4.69, 9.17) is 4.98 Å². The van der Waals surface area contributed by atoms with Crippen LogP contribution in [0.3, 0.4) is 0 Å². The van der Waals surface area contributed by atoms with E-state index in [9.17, 15) is 0 Å². The first-order valence-corrected chi connectivity index (χ1v) is 7.43. The Morgan fingerprint density at radius 2 is 1.50 bits per heavy atom. The SMILES string of the molecule is Cc1[nH]c(-c2ccccc2)nc1-c1cccc2ccccc12. The molecule has 2 heteroatoms. The van der Waals surface area contributed by atoms with E-state index in [1.165, 1.54) is 16.3 Å². The number of aromatic amines is 1. The molecule has 22 heavy (non-hydrogen) atoms. The van der Waals surface area contributed by atoms with E-state index in [1.807, 2.05) is 18.2 Å². The minimum Gasteiger partial charge on any atom is -0.342 e. The first kappa shape index (κ1) is 12.8. The van der Waals surface area contributed by atoms with Crippen molar-refractivity contribution < 1.29 is 0 Å². The summed E-state index contributed by atoms with van der Waals surface area (Å²) in [6.45, 7) is 2.08. The van der Waals surface area contributed by atoms with E-state index < -0.39 is 0 Å². The Balaban J connectivity index is 1.91. The minimum atomic E-state index is 0.918. The Kier molecular flexibility index (Phi) is 3.01. The van der Waals surface area contributed by atoms with Crippen LogP contribution in [0.1, 0.15) is 5.69 Å². The van der Waals surface area contributed by atoms with Crippen molar-refractivity contribution in [2.45, 2.75) is 6.92 Å². The van der Waals surface area contributed by atoms with Crippen LogP contribution in [0.5, 0.6) is 0 Å². The van der Waals surface area contributed by atoms with Gasteiger partial charge >= 0.3 is 0 Å². The summed E-state index contributed by atoms with van der Waals surface area (Å²) in [7, 11) is 0. The lowest BCUT2D eigenvalue weighted by atomic mass is 10.0. The van der Waals surface area contributed by atoms with Crippen molar-refractivity contribution in [2.75, 3.05) is 0 Å². The summed E-state index contributed by atoms with van der Waals surface area (Å²) in [5.74, 6) is 0.918. The highest BCUT2D eigenvalue weighted by atomic mass is 14.9. The number of rotatable bonds is 2. The maximum Gasteiger partial charge on any atom is 0.138 e. The molecule has 0 aliphatic carbocycles. The van der Waals surface area contributed by atoms with Crippen LogP contribution in [0.2, 0.25) is 0 Å². The third kappa shape index (κ3) is 2.09. The lowest BCUT2D eigenvalue weighted by molar-refractivity contribution is 1.26. The largest absolute Gasteiger partial charge is 0.342 e. The second-order valence-electron chi connectivity index (χ2n) is 5.45. The van der Waals surface area contributed by atoms with Crippen LogP contribution in [0, 0.1) is 6.92 Å². The van der Waals surface area contributed by atoms with Gasteiger partial charge in [0.15, 0.2) is 0 Å². The van der Waals surface area contributed by atoms with E-state index in [2.05, 4.69) is 66.5 Å². The number of aromatic nitrogens is 2. The van der Waals surface area contributed by atoms with Gasteiger partial charge in [0.2, 0.25) is 0 Å². The van der Waals surface area contributed by atoms with Gasteiger partial charge in [-0.2, -0.15) is 0 Å². The average molecular weight is 284 g/mol. The number of benzene rings is 3. The molecule has 0 radical (unpaired) electrons. The van der Waals surface area contributed by atoms with Gasteiger partial charge in [-0.25, -0.2) is 4.98 Å². The molecule has 1 aromatic heterocycles. The summed E-state index contributed by atoms with van der Waals surface area (Å²) < 4.78 is 0. The molecule has 0 fully saturated rings. The van der Waals surface area contributed by atoms with Crippen molar-refractivity contribution in [3.05, 3.63) is 78.5 Å². The fourth-order valence-electron chi connectivity index (χ4n) is 2.89. The monoisotopic (exact) mass is 284 g/mol. The lowest BCUT2D eigenvalue weighted by Crippen LogP contribution is -1.84. The fourth-order valence-corrected chi connectivity index (χ4v) is 2.89. The quantitative estimate of drug-likeness (QED) is 0.538. The molecule has 0 unspecified atom stereocenters. The molecule has 0 saturated heterocycles. The maximum absolute atomic E-state index is 4.84. The number of imidazole rings is 1. The molecule has 0 aliphatic heterocycles. The highest BCUT2D eigenvalue weighted by Crippen LogP contribution is 2.31. The molecule has 4 aromatic rings. The van der Waals surface area contributed by atoms with Gasteiger partial charge in [-0.3, -0.25) is 0 Å². The molecule has 2 nitrogen and oxygen atoms in total. The van der Waals surface area contributed by atoms with Crippen LogP contribution in [0.4, 0.5) is 0 Å². The predicted octanol–water partition coefficient (Wildman–Crippen LogP) is 5.21. The first-order valence-electron chi connectivity index (χ1n) is 7.43. The molecule has 0 amide bonds. The van der Waals surface area contributed by atoms with Crippen molar-refractivity contribution in [3.8, 4) is 22.6 Å². The topological polar surface area (TPSA) is 28.7 Å². The van der Waals surface area contributed by atoms with Crippen LogP contribution in [-0.4, -0.2) is 9.97 Å². The first-order chi connectivity index (χ1) is 10.8. The Morgan fingerprint density at radius 3 is 2.36 bits per heavy atom. The lowest BCUT2D eigenvalue weighted by Gasteiger charge is -2.04. The molecular weight excluding hydrogens is 268 g/mol. The number of hydrogen-bond donors (Lipinski definition) is 1. The minimum absolute atomic E-state index is 0.918. The van der Waals surface area contributed by atoms with Gasteiger partial charge in [-0.1, -0.05) is 72.8 Å². The summed E-state index contributed by atoms with van der Waals surface area (Å²) >= 11 is 0. The summed E-state index contributed by atoms with van der Waals surface area (Å²) in [6.07, 6.45) is 0. The van der Waals surface area contributed by atoms with E-state index >= 15 is 0 Å². The van der Waals surface area contributed by atoms with Crippen LogP contribution in [0.25, 0.3) is 33.4 Å². The normalized spacial score (nSPS) is 11.0. The molecule has 0 bridgehead atoms.